The van der Waals surface area contributed by atoms with E-state index in [1.54, 1.807) is 12.1 Å². The normalized spacial score (nSPS) is 16.6. The first kappa shape index (κ1) is 19.3. The second kappa shape index (κ2) is 9.44. The Labute approximate surface area is 155 Å². The van der Waals surface area contributed by atoms with Crippen molar-refractivity contribution in [1.29, 1.82) is 0 Å². The maximum absolute atomic E-state index is 12.3. The molecule has 5 heteroatoms. The number of hydrogen-bond acceptors (Lipinski definition) is 3. The molecule has 4 nitrogen and oxygen atoms in total. The Bertz CT molecular complexity index is 665. The van der Waals surface area contributed by atoms with Gasteiger partial charge in [-0.2, -0.15) is 0 Å². The van der Waals surface area contributed by atoms with Gasteiger partial charge in [0.25, 0.3) is 5.91 Å². The van der Waals surface area contributed by atoms with Crippen LogP contribution in [0.4, 0.5) is 5.69 Å². The molecule has 2 N–H and O–H groups in total. The van der Waals surface area contributed by atoms with E-state index in [0.29, 0.717) is 18.1 Å². The standard InChI is InChI=1S/C20H24N2O2.ClH/c1-2-24-19-11-7-16(8-12-19)20(23)22-18-9-5-15(6-10-18)17-4-3-13-21-14-17;/h5-12,17,21H,2-4,13-14H2,1H3,(H,22,23);1H. The molecule has 134 valence electrons. The van der Waals surface area contributed by atoms with Gasteiger partial charge in [0.1, 0.15) is 5.75 Å². The minimum Gasteiger partial charge on any atom is -0.494 e. The molecule has 3 rings (SSSR count). The predicted molar refractivity (Wildman–Crippen MR) is 104 cm³/mol. The van der Waals surface area contributed by atoms with Crippen LogP contribution in [0, 0.1) is 0 Å². The van der Waals surface area contributed by atoms with E-state index >= 15 is 0 Å². The summed E-state index contributed by atoms with van der Waals surface area (Å²) in [5, 5.41) is 6.38. The summed E-state index contributed by atoms with van der Waals surface area (Å²) in [4.78, 5) is 12.3. The van der Waals surface area contributed by atoms with Gasteiger partial charge < -0.3 is 15.4 Å². The monoisotopic (exact) mass is 360 g/mol. The summed E-state index contributed by atoms with van der Waals surface area (Å²) in [6.45, 7) is 4.71. The molecule has 1 fully saturated rings. The molecule has 25 heavy (non-hydrogen) atoms. The van der Waals surface area contributed by atoms with Crippen molar-refractivity contribution >= 4 is 24.0 Å². The van der Waals surface area contributed by atoms with Crippen LogP contribution < -0.4 is 15.4 Å². The van der Waals surface area contributed by atoms with Gasteiger partial charge in [0.15, 0.2) is 0 Å². The first-order valence-corrected chi connectivity index (χ1v) is 8.61. The van der Waals surface area contributed by atoms with Crippen LogP contribution in [0.5, 0.6) is 5.75 Å². The minimum absolute atomic E-state index is 0. The Hall–Kier alpha value is -2.04. The summed E-state index contributed by atoms with van der Waals surface area (Å²) in [7, 11) is 0. The zero-order chi connectivity index (χ0) is 16.8. The average Bonchev–Trinajstić information content (AvgIpc) is 2.64. The van der Waals surface area contributed by atoms with Crippen LogP contribution in [0.15, 0.2) is 48.5 Å². The molecule has 0 spiro atoms. The zero-order valence-electron chi connectivity index (χ0n) is 14.5. The highest BCUT2D eigenvalue weighted by Crippen LogP contribution is 2.24. The third kappa shape index (κ3) is 5.21. The highest BCUT2D eigenvalue weighted by Gasteiger charge is 2.15. The zero-order valence-corrected chi connectivity index (χ0v) is 15.3. The van der Waals surface area contributed by atoms with Gasteiger partial charge in [0.2, 0.25) is 0 Å². The molecule has 1 aliphatic rings. The molecule has 1 unspecified atom stereocenters. The van der Waals surface area contributed by atoms with E-state index in [1.165, 1.54) is 18.4 Å². The smallest absolute Gasteiger partial charge is 0.255 e. The van der Waals surface area contributed by atoms with Crippen molar-refractivity contribution in [3.63, 3.8) is 0 Å². The number of nitrogens with one attached hydrogen (secondary N) is 2. The Kier molecular flexibility index (Phi) is 7.29. The Balaban J connectivity index is 0.00000225. The quantitative estimate of drug-likeness (QED) is 0.839. The molecular weight excluding hydrogens is 336 g/mol. The lowest BCUT2D eigenvalue weighted by Crippen LogP contribution is -2.28. The van der Waals surface area contributed by atoms with Crippen molar-refractivity contribution in [2.45, 2.75) is 25.7 Å². The van der Waals surface area contributed by atoms with Crippen LogP contribution in [0.2, 0.25) is 0 Å². The third-order valence-electron chi connectivity index (χ3n) is 4.36. The number of amides is 1. The van der Waals surface area contributed by atoms with Crippen LogP contribution in [-0.2, 0) is 0 Å². The molecule has 1 amide bonds. The Morgan fingerprint density at radius 2 is 1.88 bits per heavy atom. The fraction of sp³-hybridized carbons (Fsp3) is 0.350. The summed E-state index contributed by atoms with van der Waals surface area (Å²) in [5.74, 6) is 1.25. The van der Waals surface area contributed by atoms with Gasteiger partial charge in [-0.3, -0.25) is 4.79 Å². The van der Waals surface area contributed by atoms with Crippen molar-refractivity contribution in [2.75, 3.05) is 25.0 Å². The lowest BCUT2D eigenvalue weighted by molar-refractivity contribution is 0.102. The van der Waals surface area contributed by atoms with E-state index in [-0.39, 0.29) is 18.3 Å². The molecule has 1 saturated heterocycles. The lowest BCUT2D eigenvalue weighted by Gasteiger charge is -2.23. The second-order valence-electron chi connectivity index (χ2n) is 6.08. The van der Waals surface area contributed by atoms with Gasteiger partial charge in [-0.05, 0) is 74.2 Å². The van der Waals surface area contributed by atoms with Gasteiger partial charge in [-0.25, -0.2) is 0 Å². The van der Waals surface area contributed by atoms with Crippen LogP contribution in [-0.4, -0.2) is 25.6 Å². The molecule has 1 aliphatic heterocycles. The topological polar surface area (TPSA) is 50.4 Å². The van der Waals surface area contributed by atoms with Crippen molar-refractivity contribution in [3.05, 3.63) is 59.7 Å². The summed E-state index contributed by atoms with van der Waals surface area (Å²) < 4.78 is 5.39. The summed E-state index contributed by atoms with van der Waals surface area (Å²) >= 11 is 0. The third-order valence-corrected chi connectivity index (χ3v) is 4.36. The molecule has 1 heterocycles. The number of piperidine rings is 1. The molecule has 1 atom stereocenters. The molecule has 0 radical (unpaired) electrons. The van der Waals surface area contributed by atoms with Gasteiger partial charge in [0, 0.05) is 17.8 Å². The molecule has 2 aromatic rings. The Morgan fingerprint density at radius 1 is 1.16 bits per heavy atom. The molecule has 2 aromatic carbocycles. The van der Waals surface area contributed by atoms with Crippen LogP contribution >= 0.6 is 12.4 Å². The lowest BCUT2D eigenvalue weighted by atomic mass is 9.91. The predicted octanol–water partition coefficient (Wildman–Crippen LogP) is 4.23. The molecular formula is C20H25ClN2O2. The maximum atomic E-state index is 12.3. The molecule has 0 aromatic heterocycles. The molecule has 0 saturated carbocycles. The van der Waals surface area contributed by atoms with Crippen LogP contribution in [0.3, 0.4) is 0 Å². The van der Waals surface area contributed by atoms with E-state index in [2.05, 4.69) is 22.8 Å². The van der Waals surface area contributed by atoms with Crippen molar-refractivity contribution in [2.24, 2.45) is 0 Å². The van der Waals surface area contributed by atoms with Gasteiger partial charge in [-0.15, -0.1) is 12.4 Å². The van der Waals surface area contributed by atoms with Crippen molar-refractivity contribution < 1.29 is 9.53 Å². The average molecular weight is 361 g/mol. The number of ether oxygens (including phenoxy) is 1. The first-order valence-electron chi connectivity index (χ1n) is 8.61. The summed E-state index contributed by atoms with van der Waals surface area (Å²) in [6, 6.07) is 15.4. The van der Waals surface area contributed by atoms with Gasteiger partial charge in [-0.1, -0.05) is 12.1 Å². The summed E-state index contributed by atoms with van der Waals surface area (Å²) in [6.07, 6.45) is 2.45. The number of benzene rings is 2. The fourth-order valence-electron chi connectivity index (χ4n) is 3.05. The first-order chi connectivity index (χ1) is 11.8. The summed E-state index contributed by atoms with van der Waals surface area (Å²) in [5.41, 5.74) is 2.78. The number of halogens is 1. The van der Waals surface area contributed by atoms with E-state index < -0.39 is 0 Å². The SMILES string of the molecule is CCOc1ccc(C(=O)Nc2ccc(C3CCCNC3)cc2)cc1.Cl. The van der Waals surface area contributed by atoms with E-state index in [4.69, 9.17) is 4.74 Å². The van der Waals surface area contributed by atoms with E-state index in [0.717, 1.165) is 24.5 Å². The fourth-order valence-corrected chi connectivity index (χ4v) is 3.05. The van der Waals surface area contributed by atoms with Gasteiger partial charge in [0.05, 0.1) is 6.61 Å². The van der Waals surface area contributed by atoms with E-state index in [9.17, 15) is 4.79 Å². The number of carbonyl (C=O) groups is 1. The van der Waals surface area contributed by atoms with Crippen molar-refractivity contribution in [3.8, 4) is 5.75 Å². The maximum Gasteiger partial charge on any atom is 0.255 e. The second-order valence-corrected chi connectivity index (χ2v) is 6.08. The van der Waals surface area contributed by atoms with Crippen LogP contribution in [0.1, 0.15) is 41.6 Å². The highest BCUT2D eigenvalue weighted by atomic mass is 35.5. The Morgan fingerprint density at radius 3 is 2.48 bits per heavy atom. The minimum atomic E-state index is -0.106. The number of carbonyl (C=O) groups excluding carboxylic acids is 1. The number of rotatable bonds is 5. The van der Waals surface area contributed by atoms with Crippen LogP contribution in [0.25, 0.3) is 0 Å². The van der Waals surface area contributed by atoms with Crippen molar-refractivity contribution in [1.82, 2.24) is 5.32 Å². The largest absolute Gasteiger partial charge is 0.494 e. The molecule has 0 aliphatic carbocycles. The van der Waals surface area contributed by atoms with E-state index in [1.807, 2.05) is 31.2 Å². The highest BCUT2D eigenvalue weighted by molar-refractivity contribution is 6.04. The number of hydrogen-bond donors (Lipinski definition) is 2. The molecule has 0 bridgehead atoms. The van der Waals surface area contributed by atoms with Gasteiger partial charge >= 0.3 is 0 Å². The number of anilines is 1.